The Hall–Kier alpha value is -3.08. The molecule has 0 saturated carbocycles. The molecule has 1 aliphatic rings. The number of hydrogen-bond acceptors (Lipinski definition) is 3. The zero-order chi connectivity index (χ0) is 20.8. The number of para-hydroxylation sites is 1. The van der Waals surface area contributed by atoms with Crippen LogP contribution in [0.2, 0.25) is 0 Å². The number of carbonyl (C=O) groups excluding carboxylic acids is 1. The minimum atomic E-state index is 0.245. The summed E-state index contributed by atoms with van der Waals surface area (Å²) in [5.41, 5.74) is 3.59. The summed E-state index contributed by atoms with van der Waals surface area (Å²) in [5, 5.41) is 7.92. The molecular formula is C25H30N4O. The van der Waals surface area contributed by atoms with Crippen LogP contribution in [0.25, 0.3) is 0 Å². The molecule has 2 atom stereocenters. The topological polar surface area (TPSA) is 50.2 Å². The lowest BCUT2D eigenvalue weighted by atomic mass is 9.86. The highest BCUT2D eigenvalue weighted by atomic mass is 16.2. The van der Waals surface area contributed by atoms with E-state index in [2.05, 4.69) is 69.9 Å². The lowest BCUT2D eigenvalue weighted by Crippen LogP contribution is -2.49. The number of hydrogen-bond donors (Lipinski definition) is 1. The maximum absolute atomic E-state index is 12.9. The van der Waals surface area contributed by atoms with Crippen molar-refractivity contribution in [2.75, 3.05) is 18.4 Å². The van der Waals surface area contributed by atoms with E-state index in [1.807, 2.05) is 25.5 Å². The SMILES string of the molecule is Cn1cc(CCC(=O)N2CC[C@@H](Nc3ccccc3)[C@@H](Cc3ccccc3)C2)cn1. The van der Waals surface area contributed by atoms with Gasteiger partial charge in [0.05, 0.1) is 6.20 Å². The molecule has 0 radical (unpaired) electrons. The summed E-state index contributed by atoms with van der Waals surface area (Å²) in [5.74, 6) is 0.624. The van der Waals surface area contributed by atoms with Crippen LogP contribution in [0.3, 0.4) is 0 Å². The molecule has 1 fully saturated rings. The fraction of sp³-hybridized carbons (Fsp3) is 0.360. The van der Waals surface area contributed by atoms with Crippen molar-refractivity contribution in [2.24, 2.45) is 13.0 Å². The highest BCUT2D eigenvalue weighted by Gasteiger charge is 2.31. The van der Waals surface area contributed by atoms with Gasteiger partial charge in [0.2, 0.25) is 5.91 Å². The molecule has 1 N–H and O–H groups in total. The summed E-state index contributed by atoms with van der Waals surface area (Å²) in [6.45, 7) is 1.60. The van der Waals surface area contributed by atoms with Crippen LogP contribution in [0.15, 0.2) is 73.1 Å². The quantitative estimate of drug-likeness (QED) is 0.652. The molecule has 5 nitrogen and oxygen atoms in total. The number of nitrogens with zero attached hydrogens (tertiary/aromatic N) is 3. The molecule has 5 heteroatoms. The number of anilines is 1. The maximum Gasteiger partial charge on any atom is 0.222 e. The van der Waals surface area contributed by atoms with Crippen molar-refractivity contribution in [3.05, 3.63) is 84.2 Å². The molecule has 30 heavy (non-hydrogen) atoms. The number of carbonyl (C=O) groups is 1. The van der Waals surface area contributed by atoms with Crippen LogP contribution in [0.5, 0.6) is 0 Å². The third-order valence-electron chi connectivity index (χ3n) is 5.94. The molecule has 4 rings (SSSR count). The number of benzene rings is 2. The van der Waals surface area contributed by atoms with E-state index in [-0.39, 0.29) is 5.91 Å². The highest BCUT2D eigenvalue weighted by Crippen LogP contribution is 2.25. The van der Waals surface area contributed by atoms with Crippen LogP contribution in [-0.4, -0.2) is 39.7 Å². The first-order chi connectivity index (χ1) is 14.7. The summed E-state index contributed by atoms with van der Waals surface area (Å²) in [6.07, 6.45) is 7.06. The number of rotatable bonds is 7. The van der Waals surface area contributed by atoms with Gasteiger partial charge in [-0.05, 0) is 42.5 Å². The van der Waals surface area contributed by atoms with Gasteiger partial charge >= 0.3 is 0 Å². The number of aromatic nitrogens is 2. The second-order valence-corrected chi connectivity index (χ2v) is 8.22. The lowest BCUT2D eigenvalue weighted by molar-refractivity contribution is -0.133. The van der Waals surface area contributed by atoms with Crippen molar-refractivity contribution in [1.82, 2.24) is 14.7 Å². The first-order valence-corrected chi connectivity index (χ1v) is 10.8. The van der Waals surface area contributed by atoms with E-state index in [1.165, 1.54) is 5.56 Å². The molecule has 0 spiro atoms. The molecule has 0 unspecified atom stereocenters. The first-order valence-electron chi connectivity index (χ1n) is 10.8. The van der Waals surface area contributed by atoms with Crippen LogP contribution >= 0.6 is 0 Å². The summed E-state index contributed by atoms with van der Waals surface area (Å²) < 4.78 is 1.79. The van der Waals surface area contributed by atoms with Crippen molar-refractivity contribution in [2.45, 2.75) is 31.7 Å². The molecule has 2 aromatic carbocycles. The zero-order valence-electron chi connectivity index (χ0n) is 17.6. The summed E-state index contributed by atoms with van der Waals surface area (Å²) >= 11 is 0. The number of piperidine rings is 1. The van der Waals surface area contributed by atoms with Crippen LogP contribution < -0.4 is 5.32 Å². The van der Waals surface area contributed by atoms with Crippen molar-refractivity contribution < 1.29 is 4.79 Å². The van der Waals surface area contributed by atoms with E-state index < -0.39 is 0 Å². The van der Waals surface area contributed by atoms with Crippen LogP contribution in [0.4, 0.5) is 5.69 Å². The van der Waals surface area contributed by atoms with E-state index in [4.69, 9.17) is 0 Å². The third-order valence-corrected chi connectivity index (χ3v) is 5.94. The van der Waals surface area contributed by atoms with Gasteiger partial charge in [0.1, 0.15) is 0 Å². The normalized spacial score (nSPS) is 18.9. The van der Waals surface area contributed by atoms with Gasteiger partial charge in [-0.15, -0.1) is 0 Å². The fourth-order valence-electron chi connectivity index (χ4n) is 4.33. The number of aryl methyl sites for hydroxylation is 2. The molecule has 1 aliphatic heterocycles. The molecule has 1 saturated heterocycles. The van der Waals surface area contributed by atoms with Gasteiger partial charge in [-0.3, -0.25) is 9.48 Å². The van der Waals surface area contributed by atoms with E-state index in [9.17, 15) is 4.79 Å². The summed E-state index contributed by atoms with van der Waals surface area (Å²) in [6, 6.07) is 21.4. The monoisotopic (exact) mass is 402 g/mol. The Morgan fingerprint density at radius 2 is 1.80 bits per heavy atom. The van der Waals surface area contributed by atoms with Gasteiger partial charge in [0, 0.05) is 50.4 Å². The summed E-state index contributed by atoms with van der Waals surface area (Å²) in [4.78, 5) is 15.0. The predicted molar refractivity (Wildman–Crippen MR) is 120 cm³/mol. The van der Waals surface area contributed by atoms with Gasteiger partial charge in [-0.25, -0.2) is 0 Å². The highest BCUT2D eigenvalue weighted by molar-refractivity contribution is 5.76. The van der Waals surface area contributed by atoms with Crippen molar-refractivity contribution in [3.63, 3.8) is 0 Å². The molecule has 0 aliphatic carbocycles. The fourth-order valence-corrected chi connectivity index (χ4v) is 4.33. The third kappa shape index (κ3) is 5.29. The van der Waals surface area contributed by atoms with Crippen molar-refractivity contribution in [1.29, 1.82) is 0 Å². The molecule has 1 aromatic heterocycles. The lowest BCUT2D eigenvalue weighted by Gasteiger charge is -2.39. The Morgan fingerprint density at radius 1 is 1.07 bits per heavy atom. The van der Waals surface area contributed by atoms with Gasteiger partial charge in [0.15, 0.2) is 0 Å². The van der Waals surface area contributed by atoms with E-state index in [1.54, 1.807) is 4.68 Å². The van der Waals surface area contributed by atoms with Gasteiger partial charge in [-0.1, -0.05) is 48.5 Å². The number of nitrogens with one attached hydrogen (secondary N) is 1. The Bertz CT molecular complexity index is 938. The van der Waals surface area contributed by atoms with E-state index in [0.29, 0.717) is 18.4 Å². The smallest absolute Gasteiger partial charge is 0.222 e. The van der Waals surface area contributed by atoms with E-state index in [0.717, 1.165) is 43.6 Å². The second kappa shape index (κ2) is 9.61. The Morgan fingerprint density at radius 3 is 2.50 bits per heavy atom. The molecule has 2 heterocycles. The van der Waals surface area contributed by atoms with E-state index >= 15 is 0 Å². The first kappa shape index (κ1) is 20.2. The Kier molecular flexibility index (Phi) is 6.47. The largest absolute Gasteiger partial charge is 0.382 e. The van der Waals surface area contributed by atoms with Crippen LogP contribution in [-0.2, 0) is 24.7 Å². The minimum absolute atomic E-state index is 0.245. The van der Waals surface area contributed by atoms with Crippen LogP contribution in [0.1, 0.15) is 24.0 Å². The number of amides is 1. The van der Waals surface area contributed by atoms with Gasteiger partial charge in [0.25, 0.3) is 0 Å². The molecule has 0 bridgehead atoms. The number of likely N-dealkylation sites (tertiary alicyclic amines) is 1. The van der Waals surface area contributed by atoms with Crippen molar-refractivity contribution >= 4 is 11.6 Å². The molecular weight excluding hydrogens is 372 g/mol. The Balaban J connectivity index is 1.41. The summed E-state index contributed by atoms with van der Waals surface area (Å²) in [7, 11) is 1.91. The second-order valence-electron chi connectivity index (χ2n) is 8.22. The molecule has 156 valence electrons. The molecule has 1 amide bonds. The van der Waals surface area contributed by atoms with Crippen LogP contribution in [0, 0.1) is 5.92 Å². The van der Waals surface area contributed by atoms with Crippen molar-refractivity contribution in [3.8, 4) is 0 Å². The van der Waals surface area contributed by atoms with Gasteiger partial charge < -0.3 is 10.2 Å². The maximum atomic E-state index is 12.9. The minimum Gasteiger partial charge on any atom is -0.382 e. The average Bonchev–Trinajstić information content (AvgIpc) is 3.20. The molecule has 3 aromatic rings. The predicted octanol–water partition coefficient (Wildman–Crippen LogP) is 3.92. The van der Waals surface area contributed by atoms with Gasteiger partial charge in [-0.2, -0.15) is 5.10 Å². The standard InChI is InChI=1S/C25H30N4O/c1-28-18-21(17-26-28)12-13-25(30)29-15-14-24(27-23-10-6-3-7-11-23)22(19-29)16-20-8-4-2-5-9-20/h2-11,17-18,22,24,27H,12-16,19H2,1H3/t22-,24+/m0/s1. The zero-order valence-corrected chi connectivity index (χ0v) is 17.6. The average molecular weight is 403 g/mol. The Labute approximate surface area is 178 Å².